The van der Waals surface area contributed by atoms with Crippen LogP contribution in [-0.2, 0) is 17.5 Å². The minimum atomic E-state index is -4.66. The Balaban J connectivity index is 1.60. The lowest BCUT2D eigenvalue weighted by Crippen LogP contribution is -2.37. The third-order valence-electron chi connectivity index (χ3n) is 4.00. The summed E-state index contributed by atoms with van der Waals surface area (Å²) in [6.07, 6.45) is -7.28. The fourth-order valence-electron chi connectivity index (χ4n) is 2.78. The van der Waals surface area contributed by atoms with Gasteiger partial charge in [-0.05, 0) is 31.6 Å². The quantitative estimate of drug-likeness (QED) is 0.778. The maximum atomic E-state index is 12.9. The summed E-state index contributed by atoms with van der Waals surface area (Å²) in [5.41, 5.74) is -0.660. The maximum Gasteiger partial charge on any atom is 0.522 e. The van der Waals surface area contributed by atoms with Gasteiger partial charge in [0.1, 0.15) is 0 Å². The van der Waals surface area contributed by atoms with Gasteiger partial charge in [0.15, 0.2) is 0 Å². The minimum absolute atomic E-state index is 0.0647. The van der Waals surface area contributed by atoms with Crippen LogP contribution in [0.15, 0.2) is 6.20 Å². The van der Waals surface area contributed by atoms with Gasteiger partial charge in [-0.15, -0.1) is 13.2 Å². The predicted octanol–water partition coefficient (Wildman–Crippen LogP) is 4.09. The van der Waals surface area contributed by atoms with Gasteiger partial charge in [-0.25, -0.2) is 0 Å². The summed E-state index contributed by atoms with van der Waals surface area (Å²) in [7, 11) is 0. The number of hydrogen-bond donors (Lipinski definition) is 0. The lowest BCUT2D eigenvalue weighted by Gasteiger charge is -2.35. The molecule has 2 aliphatic rings. The van der Waals surface area contributed by atoms with Crippen LogP contribution in [0.5, 0.6) is 0 Å². The van der Waals surface area contributed by atoms with Crippen LogP contribution in [-0.4, -0.2) is 22.2 Å². The van der Waals surface area contributed by atoms with E-state index >= 15 is 0 Å². The van der Waals surface area contributed by atoms with Crippen molar-refractivity contribution in [2.24, 2.45) is 5.92 Å². The highest BCUT2D eigenvalue weighted by Gasteiger charge is 2.43. The standard InChI is InChI=1S/C13H14F6N2O/c14-12(15,16)10-6-21(20-11(10)8-1-2-8)5-7-3-9(4-7)22-13(17,18)19/h6-9H,1-5H2. The van der Waals surface area contributed by atoms with Crippen LogP contribution < -0.4 is 0 Å². The Kier molecular flexibility index (Phi) is 3.65. The van der Waals surface area contributed by atoms with Crippen LogP contribution in [0.2, 0.25) is 0 Å². The molecule has 2 saturated carbocycles. The van der Waals surface area contributed by atoms with Gasteiger partial charge in [0.2, 0.25) is 0 Å². The molecule has 0 amide bonds. The van der Waals surface area contributed by atoms with E-state index in [-0.39, 0.29) is 36.9 Å². The van der Waals surface area contributed by atoms with E-state index in [1.807, 2.05) is 0 Å². The second kappa shape index (κ2) is 5.14. The topological polar surface area (TPSA) is 27.1 Å². The van der Waals surface area contributed by atoms with Gasteiger partial charge in [-0.3, -0.25) is 9.42 Å². The molecule has 0 saturated heterocycles. The molecule has 1 aromatic heterocycles. The van der Waals surface area contributed by atoms with Crippen molar-refractivity contribution in [3.05, 3.63) is 17.5 Å². The molecule has 0 unspecified atom stereocenters. The highest BCUT2D eigenvalue weighted by molar-refractivity contribution is 5.27. The average Bonchev–Trinajstić information content (AvgIpc) is 3.04. The van der Waals surface area contributed by atoms with Crippen LogP contribution in [0.3, 0.4) is 0 Å². The molecule has 0 radical (unpaired) electrons. The second-order valence-electron chi connectivity index (χ2n) is 5.95. The highest BCUT2D eigenvalue weighted by Crippen LogP contribution is 2.45. The van der Waals surface area contributed by atoms with Crippen molar-refractivity contribution in [2.45, 2.75) is 56.8 Å². The van der Waals surface area contributed by atoms with Crippen molar-refractivity contribution < 1.29 is 31.1 Å². The van der Waals surface area contributed by atoms with Gasteiger partial charge in [-0.1, -0.05) is 0 Å². The molecule has 124 valence electrons. The first-order chi connectivity index (χ1) is 10.1. The second-order valence-corrected chi connectivity index (χ2v) is 5.95. The molecular weight excluding hydrogens is 314 g/mol. The van der Waals surface area contributed by atoms with E-state index in [0.717, 1.165) is 6.20 Å². The normalized spacial score (nSPS) is 26.1. The molecule has 0 N–H and O–H groups in total. The maximum absolute atomic E-state index is 12.9. The van der Waals surface area contributed by atoms with E-state index in [9.17, 15) is 26.3 Å². The summed E-state index contributed by atoms with van der Waals surface area (Å²) in [6.45, 7) is 0.188. The molecule has 22 heavy (non-hydrogen) atoms. The van der Waals surface area contributed by atoms with Crippen LogP contribution in [0, 0.1) is 5.92 Å². The van der Waals surface area contributed by atoms with Crippen molar-refractivity contribution in [3.8, 4) is 0 Å². The molecule has 0 aromatic carbocycles. The molecule has 3 rings (SSSR count). The van der Waals surface area contributed by atoms with Gasteiger partial charge in [0, 0.05) is 18.7 Å². The Labute approximate surface area is 122 Å². The Morgan fingerprint density at radius 2 is 1.77 bits per heavy atom. The largest absolute Gasteiger partial charge is 0.522 e. The monoisotopic (exact) mass is 328 g/mol. The molecular formula is C13H14F6N2O. The summed E-state index contributed by atoms with van der Waals surface area (Å²) in [4.78, 5) is 0. The molecule has 3 nitrogen and oxygen atoms in total. The zero-order chi connectivity index (χ0) is 16.1. The zero-order valence-corrected chi connectivity index (χ0v) is 11.4. The van der Waals surface area contributed by atoms with Gasteiger partial charge >= 0.3 is 12.5 Å². The van der Waals surface area contributed by atoms with E-state index in [4.69, 9.17) is 0 Å². The van der Waals surface area contributed by atoms with Gasteiger partial charge in [0.05, 0.1) is 17.4 Å². The number of ether oxygens (including phenoxy) is 1. The molecule has 0 atom stereocenters. The third-order valence-corrected chi connectivity index (χ3v) is 4.00. The SMILES string of the molecule is FC(F)(F)OC1CC(Cn2cc(C(F)(F)F)c(C3CC3)n2)C1. The number of aromatic nitrogens is 2. The number of halogens is 6. The van der Waals surface area contributed by atoms with Crippen LogP contribution in [0.1, 0.15) is 42.9 Å². The lowest BCUT2D eigenvalue weighted by atomic mass is 9.82. The van der Waals surface area contributed by atoms with E-state index < -0.39 is 24.2 Å². The molecule has 1 aromatic rings. The lowest BCUT2D eigenvalue weighted by molar-refractivity contribution is -0.354. The van der Waals surface area contributed by atoms with Crippen LogP contribution >= 0.6 is 0 Å². The number of hydrogen-bond acceptors (Lipinski definition) is 2. The van der Waals surface area contributed by atoms with Gasteiger partial charge in [-0.2, -0.15) is 18.3 Å². The summed E-state index contributed by atoms with van der Waals surface area (Å²) in [5, 5.41) is 3.99. The van der Waals surface area contributed by atoms with Crippen molar-refractivity contribution in [1.29, 1.82) is 0 Å². The van der Waals surface area contributed by atoms with E-state index in [0.29, 0.717) is 12.8 Å². The smallest absolute Gasteiger partial charge is 0.289 e. The summed E-state index contributed by atoms with van der Waals surface area (Å²) in [6, 6.07) is 0. The Morgan fingerprint density at radius 3 is 2.27 bits per heavy atom. The van der Waals surface area contributed by atoms with E-state index in [1.165, 1.54) is 4.68 Å². The summed E-state index contributed by atoms with van der Waals surface area (Å²) >= 11 is 0. The number of rotatable bonds is 4. The molecule has 9 heteroatoms. The first kappa shape index (κ1) is 15.6. The van der Waals surface area contributed by atoms with Crippen LogP contribution in [0.25, 0.3) is 0 Å². The fraction of sp³-hybridized carbons (Fsp3) is 0.769. The average molecular weight is 328 g/mol. The van der Waals surface area contributed by atoms with E-state index in [2.05, 4.69) is 9.84 Å². The summed E-state index contributed by atoms with van der Waals surface area (Å²) < 4.78 is 79.9. The Hall–Kier alpha value is -1.25. The van der Waals surface area contributed by atoms with Crippen molar-refractivity contribution >= 4 is 0 Å². The molecule has 1 heterocycles. The molecule has 0 bridgehead atoms. The molecule has 0 spiro atoms. The minimum Gasteiger partial charge on any atom is -0.289 e. The first-order valence-electron chi connectivity index (χ1n) is 7.01. The molecule has 0 aliphatic heterocycles. The predicted molar refractivity (Wildman–Crippen MR) is 62.9 cm³/mol. The number of nitrogens with zero attached hydrogens (tertiary/aromatic N) is 2. The van der Waals surface area contributed by atoms with Crippen LogP contribution in [0.4, 0.5) is 26.3 Å². The Morgan fingerprint density at radius 1 is 1.14 bits per heavy atom. The first-order valence-corrected chi connectivity index (χ1v) is 7.01. The Bertz CT molecular complexity index is 540. The molecule has 2 aliphatic carbocycles. The van der Waals surface area contributed by atoms with Crippen molar-refractivity contribution in [3.63, 3.8) is 0 Å². The summed E-state index contributed by atoms with van der Waals surface area (Å²) in [5.74, 6) is -0.277. The molecule has 2 fully saturated rings. The van der Waals surface area contributed by atoms with Crippen molar-refractivity contribution in [1.82, 2.24) is 9.78 Å². The fourth-order valence-corrected chi connectivity index (χ4v) is 2.78. The van der Waals surface area contributed by atoms with Gasteiger partial charge in [0.25, 0.3) is 0 Å². The van der Waals surface area contributed by atoms with Gasteiger partial charge < -0.3 is 0 Å². The van der Waals surface area contributed by atoms with E-state index in [1.54, 1.807) is 0 Å². The third kappa shape index (κ3) is 3.56. The highest BCUT2D eigenvalue weighted by atomic mass is 19.4. The van der Waals surface area contributed by atoms with Crippen molar-refractivity contribution in [2.75, 3.05) is 0 Å². The number of alkyl halides is 6. The zero-order valence-electron chi connectivity index (χ0n) is 11.4.